The Morgan fingerprint density at radius 3 is 2.20 bits per heavy atom. The van der Waals surface area contributed by atoms with Crippen molar-refractivity contribution in [3.05, 3.63) is 59.2 Å². The third-order valence-electron chi connectivity index (χ3n) is 4.61. The minimum absolute atomic E-state index is 0.0131. The van der Waals surface area contributed by atoms with Gasteiger partial charge in [-0.1, -0.05) is 25.1 Å². The zero-order valence-corrected chi connectivity index (χ0v) is 18.0. The molecule has 0 aliphatic rings. The van der Waals surface area contributed by atoms with Crippen LogP contribution in [0.1, 0.15) is 54.6 Å². The average Bonchev–Trinajstić information content (AvgIpc) is 2.73. The first kappa shape index (κ1) is 23.1. The summed E-state index contributed by atoms with van der Waals surface area (Å²) in [6.45, 7) is 7.94. The van der Waals surface area contributed by atoms with Crippen molar-refractivity contribution in [2.45, 2.75) is 53.1 Å². The summed E-state index contributed by atoms with van der Waals surface area (Å²) in [4.78, 5) is 36.7. The highest BCUT2D eigenvalue weighted by atomic mass is 16.5. The van der Waals surface area contributed by atoms with Gasteiger partial charge < -0.3 is 14.8 Å². The number of hydrogen-bond acceptors (Lipinski definition) is 5. The molecule has 1 N–H and O–H groups in total. The molecule has 0 bridgehead atoms. The Bertz CT molecular complexity index is 869. The molecule has 0 saturated heterocycles. The van der Waals surface area contributed by atoms with Gasteiger partial charge in [-0.15, -0.1) is 0 Å². The van der Waals surface area contributed by atoms with Gasteiger partial charge in [-0.05, 0) is 62.6 Å². The Morgan fingerprint density at radius 2 is 1.60 bits per heavy atom. The highest BCUT2D eigenvalue weighted by Gasteiger charge is 2.20. The summed E-state index contributed by atoms with van der Waals surface area (Å²) in [5.74, 6) is -0.455. The second kappa shape index (κ2) is 11.1. The number of ether oxygens (including phenoxy) is 2. The molecule has 0 aliphatic heterocycles. The number of benzene rings is 2. The molecule has 6 heteroatoms. The summed E-state index contributed by atoms with van der Waals surface area (Å²) in [6, 6.07) is 12.5. The molecule has 30 heavy (non-hydrogen) atoms. The zero-order chi connectivity index (χ0) is 22.1. The third-order valence-corrected chi connectivity index (χ3v) is 4.61. The monoisotopic (exact) mass is 411 g/mol. The van der Waals surface area contributed by atoms with Crippen molar-refractivity contribution in [1.82, 2.24) is 0 Å². The first-order valence-corrected chi connectivity index (χ1v) is 10.1. The number of amides is 1. The third kappa shape index (κ3) is 6.72. The van der Waals surface area contributed by atoms with Crippen molar-refractivity contribution >= 4 is 23.3 Å². The lowest BCUT2D eigenvalue weighted by atomic mass is 10.1. The number of ketones is 1. The van der Waals surface area contributed by atoms with Crippen molar-refractivity contribution in [1.29, 1.82) is 0 Å². The number of nitrogens with one attached hydrogen (secondary N) is 1. The number of anilines is 1. The Kier molecular flexibility index (Phi) is 8.59. The lowest BCUT2D eigenvalue weighted by Crippen LogP contribution is -2.30. The van der Waals surface area contributed by atoms with Crippen molar-refractivity contribution in [3.63, 3.8) is 0 Å². The van der Waals surface area contributed by atoms with E-state index in [9.17, 15) is 14.4 Å². The molecule has 0 radical (unpaired) electrons. The van der Waals surface area contributed by atoms with Crippen LogP contribution in [0.3, 0.4) is 0 Å². The number of carbonyl (C=O) groups excluding carboxylic acids is 3. The summed E-state index contributed by atoms with van der Waals surface area (Å²) in [7, 11) is 0. The fourth-order valence-corrected chi connectivity index (χ4v) is 2.86. The van der Waals surface area contributed by atoms with Crippen LogP contribution in [0.4, 0.5) is 5.69 Å². The van der Waals surface area contributed by atoms with Crippen LogP contribution in [0, 0.1) is 13.8 Å². The summed E-state index contributed by atoms with van der Waals surface area (Å²) in [6.07, 6.45) is -0.127. The molecule has 0 spiro atoms. The van der Waals surface area contributed by atoms with Crippen LogP contribution >= 0.6 is 0 Å². The minimum atomic E-state index is -0.957. The van der Waals surface area contributed by atoms with Crippen molar-refractivity contribution in [3.8, 4) is 5.75 Å². The predicted molar refractivity (Wildman–Crippen MR) is 116 cm³/mol. The molecule has 2 rings (SSSR count). The average molecular weight is 411 g/mol. The maximum absolute atomic E-state index is 12.4. The van der Waals surface area contributed by atoms with E-state index >= 15 is 0 Å². The Labute approximate surface area is 177 Å². The summed E-state index contributed by atoms with van der Waals surface area (Å²) in [5.41, 5.74) is 3.08. The molecule has 6 nitrogen and oxygen atoms in total. The normalized spacial score (nSPS) is 11.5. The summed E-state index contributed by atoms with van der Waals surface area (Å²) in [5, 5.41) is 2.80. The van der Waals surface area contributed by atoms with Crippen LogP contribution in [0.15, 0.2) is 42.5 Å². The number of Topliss-reactive ketones (excluding diaryl/α,β-unsaturated/α-hetero) is 1. The van der Waals surface area contributed by atoms with Gasteiger partial charge in [0, 0.05) is 17.7 Å². The number of para-hydroxylation sites is 1. The number of aryl methyl sites for hydroxylation is 2. The molecule has 160 valence electrons. The van der Waals surface area contributed by atoms with Gasteiger partial charge in [-0.2, -0.15) is 0 Å². The van der Waals surface area contributed by atoms with Crippen LogP contribution in [-0.4, -0.2) is 30.4 Å². The van der Waals surface area contributed by atoms with E-state index in [4.69, 9.17) is 9.47 Å². The van der Waals surface area contributed by atoms with Gasteiger partial charge in [0.25, 0.3) is 5.91 Å². The number of rotatable bonds is 10. The van der Waals surface area contributed by atoms with E-state index in [1.807, 2.05) is 39.0 Å². The van der Waals surface area contributed by atoms with Gasteiger partial charge >= 0.3 is 5.97 Å². The molecule has 1 atom stereocenters. The van der Waals surface area contributed by atoms with Gasteiger partial charge in [0.05, 0.1) is 13.0 Å². The van der Waals surface area contributed by atoms with Gasteiger partial charge in [0.15, 0.2) is 11.9 Å². The lowest BCUT2D eigenvalue weighted by molar-refractivity contribution is -0.153. The van der Waals surface area contributed by atoms with E-state index in [2.05, 4.69) is 5.32 Å². The van der Waals surface area contributed by atoms with Crippen LogP contribution in [-0.2, 0) is 14.3 Å². The fourth-order valence-electron chi connectivity index (χ4n) is 2.86. The molecule has 2 aromatic carbocycles. The molecule has 1 amide bonds. The molecule has 0 heterocycles. The van der Waals surface area contributed by atoms with E-state index in [-0.39, 0.29) is 18.6 Å². The smallest absolute Gasteiger partial charge is 0.307 e. The van der Waals surface area contributed by atoms with E-state index in [0.29, 0.717) is 23.6 Å². The zero-order valence-electron chi connectivity index (χ0n) is 18.0. The van der Waals surface area contributed by atoms with Crippen LogP contribution < -0.4 is 10.1 Å². The minimum Gasteiger partial charge on any atom is -0.494 e. The fraction of sp³-hybridized carbons (Fsp3) is 0.375. The van der Waals surface area contributed by atoms with Crippen LogP contribution in [0.2, 0.25) is 0 Å². The summed E-state index contributed by atoms with van der Waals surface area (Å²) >= 11 is 0. The van der Waals surface area contributed by atoms with Gasteiger partial charge in [-0.3, -0.25) is 14.4 Å². The van der Waals surface area contributed by atoms with E-state index < -0.39 is 18.0 Å². The summed E-state index contributed by atoms with van der Waals surface area (Å²) < 4.78 is 10.7. The first-order chi connectivity index (χ1) is 14.3. The number of hydrogen-bond donors (Lipinski definition) is 1. The standard InChI is InChI=1S/C24H29NO5/c1-5-15-29-20-11-9-19(10-12-20)21(26)13-14-22(27)30-18(4)24(28)25-23-16(2)7-6-8-17(23)3/h6-12,18H,5,13-15H2,1-4H3,(H,25,28)/t18-/m1/s1. The molecule has 0 aromatic heterocycles. The second-order valence-electron chi connectivity index (χ2n) is 7.18. The van der Waals surface area contributed by atoms with Gasteiger partial charge in [0.2, 0.25) is 0 Å². The van der Waals surface area contributed by atoms with Crippen molar-refractivity contribution in [2.75, 3.05) is 11.9 Å². The molecule has 0 unspecified atom stereocenters. The second-order valence-corrected chi connectivity index (χ2v) is 7.18. The maximum atomic E-state index is 12.4. The number of carbonyl (C=O) groups is 3. The molecule has 2 aromatic rings. The van der Waals surface area contributed by atoms with Gasteiger partial charge in [0.1, 0.15) is 5.75 Å². The Hall–Kier alpha value is -3.15. The van der Waals surface area contributed by atoms with Gasteiger partial charge in [-0.25, -0.2) is 0 Å². The maximum Gasteiger partial charge on any atom is 0.307 e. The first-order valence-electron chi connectivity index (χ1n) is 10.1. The molecule has 0 fully saturated rings. The number of esters is 1. The lowest BCUT2D eigenvalue weighted by Gasteiger charge is -2.16. The highest BCUT2D eigenvalue weighted by Crippen LogP contribution is 2.20. The molecule has 0 saturated carbocycles. The van der Waals surface area contributed by atoms with Crippen molar-refractivity contribution < 1.29 is 23.9 Å². The van der Waals surface area contributed by atoms with E-state index in [1.165, 1.54) is 6.92 Å². The molecular formula is C24H29NO5. The van der Waals surface area contributed by atoms with Crippen LogP contribution in [0.25, 0.3) is 0 Å². The SMILES string of the molecule is CCCOc1ccc(C(=O)CCC(=O)O[C@H](C)C(=O)Nc2c(C)cccc2C)cc1. The topological polar surface area (TPSA) is 81.7 Å². The highest BCUT2D eigenvalue weighted by molar-refractivity contribution is 5.98. The Morgan fingerprint density at radius 1 is 0.967 bits per heavy atom. The quantitative estimate of drug-likeness (QED) is 0.455. The van der Waals surface area contributed by atoms with E-state index in [0.717, 1.165) is 17.5 Å². The van der Waals surface area contributed by atoms with Crippen LogP contribution in [0.5, 0.6) is 5.75 Å². The van der Waals surface area contributed by atoms with E-state index in [1.54, 1.807) is 24.3 Å². The molecule has 0 aliphatic carbocycles. The predicted octanol–water partition coefficient (Wildman–Crippen LogP) is 4.63. The largest absolute Gasteiger partial charge is 0.494 e. The molecular weight excluding hydrogens is 382 g/mol. The Balaban J connectivity index is 1.81. The van der Waals surface area contributed by atoms with Crippen molar-refractivity contribution in [2.24, 2.45) is 0 Å².